The molecule has 4 N–H and O–H groups in total. The maximum absolute atomic E-state index is 13.2. The van der Waals surface area contributed by atoms with Crippen LogP contribution in [0.4, 0.5) is 13.2 Å². The van der Waals surface area contributed by atoms with Gasteiger partial charge in [0.05, 0.1) is 23.1 Å². The zero-order valence-corrected chi connectivity index (χ0v) is 19.7. The highest BCUT2D eigenvalue weighted by Crippen LogP contribution is 2.34. The zero-order chi connectivity index (χ0) is 26.6. The van der Waals surface area contributed by atoms with Crippen molar-refractivity contribution < 1.29 is 37.4 Å². The SMILES string of the molecule is O=C(NCCNC(=O)c1cc2cccc(C(F)(F)F)c2[nH]1)c1ccc(O[C@H]2CC[C@@H](C(=O)O)CC2)cc1. The molecule has 1 aliphatic carbocycles. The standard InChI is InChI=1S/C26H26F3N3O5/c27-26(28,29)20-3-1-2-17-14-21(32-22(17)20)24(34)31-13-12-30-23(33)15-4-8-18(9-5-15)37-19-10-6-16(7-11-19)25(35)36/h1-5,8-9,14,16,19,32H,6-7,10-13H2,(H,30,33)(H,31,34)(H,35,36)/t16-,19+. The maximum Gasteiger partial charge on any atom is 0.418 e. The van der Waals surface area contributed by atoms with Crippen LogP contribution in [-0.2, 0) is 11.0 Å². The number of nitrogens with one attached hydrogen (secondary N) is 3. The molecule has 0 bridgehead atoms. The van der Waals surface area contributed by atoms with Crippen molar-refractivity contribution in [1.82, 2.24) is 15.6 Å². The van der Waals surface area contributed by atoms with E-state index in [4.69, 9.17) is 9.84 Å². The number of para-hydroxylation sites is 1. The van der Waals surface area contributed by atoms with Crippen LogP contribution in [-0.4, -0.2) is 47.1 Å². The summed E-state index contributed by atoms with van der Waals surface area (Å²) in [6, 6.07) is 11.6. The number of aliphatic carboxylic acids is 1. The first kappa shape index (κ1) is 26.1. The number of benzene rings is 2. The maximum atomic E-state index is 13.2. The monoisotopic (exact) mass is 517 g/mol. The molecule has 1 aliphatic rings. The van der Waals surface area contributed by atoms with Gasteiger partial charge in [-0.15, -0.1) is 0 Å². The smallest absolute Gasteiger partial charge is 0.418 e. The van der Waals surface area contributed by atoms with Gasteiger partial charge in [0.15, 0.2) is 0 Å². The number of rotatable bonds is 8. The van der Waals surface area contributed by atoms with E-state index in [-0.39, 0.29) is 47.6 Å². The largest absolute Gasteiger partial charge is 0.490 e. The molecule has 0 saturated heterocycles. The first-order valence-electron chi connectivity index (χ1n) is 11.9. The van der Waals surface area contributed by atoms with Crippen molar-refractivity contribution in [3.63, 3.8) is 0 Å². The summed E-state index contributed by atoms with van der Waals surface area (Å²) < 4.78 is 45.4. The quantitative estimate of drug-likeness (QED) is 0.331. The lowest BCUT2D eigenvalue weighted by atomic mass is 9.87. The molecule has 0 spiro atoms. The van der Waals surface area contributed by atoms with Gasteiger partial charge in [0.25, 0.3) is 11.8 Å². The minimum Gasteiger partial charge on any atom is -0.490 e. The third kappa shape index (κ3) is 6.41. The summed E-state index contributed by atoms with van der Waals surface area (Å²) in [5, 5.41) is 14.6. The first-order chi connectivity index (χ1) is 17.6. The molecular formula is C26H26F3N3O5. The Balaban J connectivity index is 1.23. The molecule has 2 aromatic carbocycles. The fourth-order valence-electron chi connectivity index (χ4n) is 4.37. The summed E-state index contributed by atoms with van der Waals surface area (Å²) in [5.41, 5.74) is -0.624. The van der Waals surface area contributed by atoms with Crippen LogP contribution in [0.3, 0.4) is 0 Å². The molecule has 1 heterocycles. The summed E-state index contributed by atoms with van der Waals surface area (Å²) in [6.07, 6.45) is -2.14. The van der Waals surface area contributed by atoms with Crippen LogP contribution < -0.4 is 15.4 Å². The van der Waals surface area contributed by atoms with Gasteiger partial charge >= 0.3 is 12.1 Å². The predicted molar refractivity (Wildman–Crippen MR) is 128 cm³/mol. The van der Waals surface area contributed by atoms with Gasteiger partial charge in [-0.05, 0) is 62.1 Å². The van der Waals surface area contributed by atoms with Gasteiger partial charge in [-0.1, -0.05) is 12.1 Å². The van der Waals surface area contributed by atoms with Crippen molar-refractivity contribution in [2.75, 3.05) is 13.1 Å². The van der Waals surface area contributed by atoms with Gasteiger partial charge in [-0.25, -0.2) is 0 Å². The van der Waals surface area contributed by atoms with E-state index in [1.54, 1.807) is 24.3 Å². The number of hydrogen-bond acceptors (Lipinski definition) is 4. The van der Waals surface area contributed by atoms with Crippen LogP contribution in [0.2, 0.25) is 0 Å². The Labute approximate surface area is 210 Å². The molecule has 196 valence electrons. The molecule has 0 radical (unpaired) electrons. The molecule has 0 unspecified atom stereocenters. The van der Waals surface area contributed by atoms with E-state index in [9.17, 15) is 27.6 Å². The van der Waals surface area contributed by atoms with Gasteiger partial charge < -0.3 is 25.5 Å². The van der Waals surface area contributed by atoms with E-state index in [0.29, 0.717) is 37.0 Å². The lowest BCUT2D eigenvalue weighted by molar-refractivity contribution is -0.143. The van der Waals surface area contributed by atoms with Gasteiger partial charge in [-0.3, -0.25) is 14.4 Å². The van der Waals surface area contributed by atoms with Crippen molar-refractivity contribution >= 4 is 28.7 Å². The lowest BCUT2D eigenvalue weighted by Crippen LogP contribution is -2.34. The fourth-order valence-corrected chi connectivity index (χ4v) is 4.37. The average Bonchev–Trinajstić information content (AvgIpc) is 3.31. The van der Waals surface area contributed by atoms with Crippen molar-refractivity contribution in [3.05, 3.63) is 65.4 Å². The normalized spacial score (nSPS) is 17.8. The van der Waals surface area contributed by atoms with Crippen LogP contribution >= 0.6 is 0 Å². The number of ether oxygens (including phenoxy) is 1. The highest BCUT2D eigenvalue weighted by molar-refractivity contribution is 5.99. The molecule has 0 aliphatic heterocycles. The predicted octanol–water partition coefficient (Wildman–Crippen LogP) is 4.37. The van der Waals surface area contributed by atoms with Crippen molar-refractivity contribution in [2.45, 2.75) is 38.0 Å². The molecule has 4 rings (SSSR count). The molecule has 1 saturated carbocycles. The summed E-state index contributed by atoms with van der Waals surface area (Å²) in [7, 11) is 0. The molecule has 37 heavy (non-hydrogen) atoms. The van der Waals surface area contributed by atoms with E-state index in [0.717, 1.165) is 6.07 Å². The second-order valence-electron chi connectivity index (χ2n) is 8.92. The van der Waals surface area contributed by atoms with E-state index in [1.165, 1.54) is 18.2 Å². The number of carboxylic acids is 1. The van der Waals surface area contributed by atoms with E-state index in [1.807, 2.05) is 0 Å². The Morgan fingerprint density at radius 2 is 1.59 bits per heavy atom. The van der Waals surface area contributed by atoms with Gasteiger partial charge in [0.2, 0.25) is 0 Å². The number of carbonyl (C=O) groups excluding carboxylic acids is 2. The molecular weight excluding hydrogens is 491 g/mol. The molecule has 11 heteroatoms. The number of alkyl halides is 3. The van der Waals surface area contributed by atoms with Crippen LogP contribution in [0.15, 0.2) is 48.5 Å². The van der Waals surface area contributed by atoms with Crippen LogP contribution in [0.1, 0.15) is 52.1 Å². The van der Waals surface area contributed by atoms with Crippen LogP contribution in [0.25, 0.3) is 10.9 Å². The molecule has 0 atom stereocenters. The summed E-state index contributed by atoms with van der Waals surface area (Å²) in [5.74, 6) is -1.44. The third-order valence-electron chi connectivity index (χ3n) is 6.35. The Morgan fingerprint density at radius 3 is 2.22 bits per heavy atom. The Kier molecular flexibility index (Phi) is 7.70. The number of halogens is 3. The summed E-state index contributed by atoms with van der Waals surface area (Å²) in [6.45, 7) is 0.190. The number of aromatic amines is 1. The van der Waals surface area contributed by atoms with Gasteiger partial charge in [0.1, 0.15) is 11.4 Å². The van der Waals surface area contributed by atoms with Crippen molar-refractivity contribution in [2.24, 2.45) is 5.92 Å². The van der Waals surface area contributed by atoms with E-state index >= 15 is 0 Å². The highest BCUT2D eigenvalue weighted by atomic mass is 19.4. The number of amides is 2. The average molecular weight is 518 g/mol. The first-order valence-corrected chi connectivity index (χ1v) is 11.9. The number of fused-ring (bicyclic) bond motifs is 1. The van der Waals surface area contributed by atoms with E-state index < -0.39 is 23.6 Å². The fraction of sp³-hybridized carbons (Fsp3) is 0.346. The second kappa shape index (κ2) is 10.9. The van der Waals surface area contributed by atoms with E-state index in [2.05, 4.69) is 15.6 Å². The third-order valence-corrected chi connectivity index (χ3v) is 6.35. The second-order valence-corrected chi connectivity index (χ2v) is 8.92. The van der Waals surface area contributed by atoms with Crippen molar-refractivity contribution in [1.29, 1.82) is 0 Å². The topological polar surface area (TPSA) is 121 Å². The summed E-state index contributed by atoms with van der Waals surface area (Å²) in [4.78, 5) is 38.3. The van der Waals surface area contributed by atoms with Crippen molar-refractivity contribution in [3.8, 4) is 5.75 Å². The minimum atomic E-state index is -4.55. The molecule has 1 aromatic heterocycles. The number of carbonyl (C=O) groups is 3. The lowest BCUT2D eigenvalue weighted by Gasteiger charge is -2.26. The molecule has 1 fully saturated rings. The molecule has 3 aromatic rings. The number of hydrogen-bond donors (Lipinski definition) is 4. The Morgan fingerprint density at radius 1 is 0.946 bits per heavy atom. The summed E-state index contributed by atoms with van der Waals surface area (Å²) >= 11 is 0. The minimum absolute atomic E-state index is 0.00920. The zero-order valence-electron chi connectivity index (χ0n) is 19.7. The molecule has 8 nitrogen and oxygen atoms in total. The van der Waals surface area contributed by atoms with Crippen LogP contribution in [0, 0.1) is 5.92 Å². The number of aromatic nitrogens is 1. The number of carboxylic acid groups (broad SMARTS) is 1. The Hall–Kier alpha value is -4.02. The highest BCUT2D eigenvalue weighted by Gasteiger charge is 2.33. The van der Waals surface area contributed by atoms with Gasteiger partial charge in [0, 0.05) is 24.0 Å². The Bertz CT molecular complexity index is 1280. The van der Waals surface area contributed by atoms with Gasteiger partial charge in [-0.2, -0.15) is 13.2 Å². The number of H-pyrrole nitrogens is 1. The molecule has 2 amide bonds. The van der Waals surface area contributed by atoms with Crippen LogP contribution in [0.5, 0.6) is 5.75 Å².